The third-order valence-corrected chi connectivity index (χ3v) is 3.39. The Morgan fingerprint density at radius 3 is 2.54 bits per heavy atom. The summed E-state index contributed by atoms with van der Waals surface area (Å²) in [4.78, 5) is 35.7. The minimum Gasteiger partial charge on any atom is -0.452 e. The van der Waals surface area contributed by atoms with Gasteiger partial charge in [0.2, 0.25) is 0 Å². The lowest BCUT2D eigenvalue weighted by Gasteiger charge is -2.19. The molecule has 0 saturated heterocycles. The zero-order valence-electron chi connectivity index (χ0n) is 13.5. The standard InChI is InChI=1S/C17H14N4O5/c18-8-9-20(12-4-2-1-3-5-12)16(22)11-26-17(23)14-10-13(21(24)25)6-7-15(14)19/h1-7,10H,9,11,19H2. The molecule has 2 aromatic carbocycles. The molecule has 2 aromatic rings. The van der Waals surface area contributed by atoms with Crippen LogP contribution in [0.15, 0.2) is 48.5 Å². The minimum atomic E-state index is -0.968. The summed E-state index contributed by atoms with van der Waals surface area (Å²) < 4.78 is 4.91. The van der Waals surface area contributed by atoms with Gasteiger partial charge in [0.1, 0.15) is 6.54 Å². The van der Waals surface area contributed by atoms with E-state index in [9.17, 15) is 19.7 Å². The number of carbonyl (C=O) groups is 2. The van der Waals surface area contributed by atoms with Crippen molar-refractivity contribution in [2.24, 2.45) is 0 Å². The summed E-state index contributed by atoms with van der Waals surface area (Å²) in [6, 6.07) is 13.6. The fourth-order valence-corrected chi connectivity index (χ4v) is 2.12. The third-order valence-electron chi connectivity index (χ3n) is 3.39. The number of nitro groups is 1. The van der Waals surface area contributed by atoms with E-state index in [1.54, 1.807) is 30.3 Å². The lowest BCUT2D eigenvalue weighted by molar-refractivity contribution is -0.384. The second-order valence-electron chi connectivity index (χ2n) is 5.08. The number of carbonyl (C=O) groups excluding carboxylic acids is 2. The highest BCUT2D eigenvalue weighted by Crippen LogP contribution is 2.20. The van der Waals surface area contributed by atoms with Crippen molar-refractivity contribution in [2.75, 3.05) is 23.8 Å². The maximum absolute atomic E-state index is 12.3. The predicted octanol–water partition coefficient (Wildman–Crippen LogP) is 1.89. The number of esters is 1. The zero-order valence-corrected chi connectivity index (χ0v) is 13.5. The fourth-order valence-electron chi connectivity index (χ4n) is 2.12. The van der Waals surface area contributed by atoms with Crippen LogP contribution in [-0.2, 0) is 9.53 Å². The van der Waals surface area contributed by atoms with Gasteiger partial charge in [-0.3, -0.25) is 19.8 Å². The van der Waals surface area contributed by atoms with Crippen LogP contribution in [0.3, 0.4) is 0 Å². The quantitative estimate of drug-likeness (QED) is 0.274. The second-order valence-corrected chi connectivity index (χ2v) is 5.08. The third kappa shape index (κ3) is 4.33. The smallest absolute Gasteiger partial charge is 0.341 e. The number of hydrogen-bond acceptors (Lipinski definition) is 7. The molecule has 1 amide bonds. The molecule has 0 spiro atoms. The van der Waals surface area contributed by atoms with Crippen molar-refractivity contribution in [1.82, 2.24) is 0 Å². The Bertz CT molecular complexity index is 876. The molecule has 0 heterocycles. The summed E-state index contributed by atoms with van der Waals surface area (Å²) in [7, 11) is 0. The highest BCUT2D eigenvalue weighted by atomic mass is 16.6. The monoisotopic (exact) mass is 354 g/mol. The number of nitriles is 1. The Balaban J connectivity index is 2.11. The van der Waals surface area contributed by atoms with Gasteiger partial charge in [0.05, 0.1) is 16.6 Å². The Hall–Kier alpha value is -3.93. The highest BCUT2D eigenvalue weighted by molar-refractivity contribution is 5.99. The zero-order chi connectivity index (χ0) is 19.1. The maximum atomic E-state index is 12.3. The SMILES string of the molecule is N#CCN(C(=O)COC(=O)c1cc([N+](=O)[O-])ccc1N)c1ccccc1. The first-order valence-corrected chi connectivity index (χ1v) is 7.37. The number of non-ortho nitro benzene ring substituents is 1. The van der Waals surface area contributed by atoms with Crippen molar-refractivity contribution in [2.45, 2.75) is 0 Å². The van der Waals surface area contributed by atoms with E-state index in [2.05, 4.69) is 0 Å². The first-order valence-electron chi connectivity index (χ1n) is 7.37. The van der Waals surface area contributed by atoms with Gasteiger partial charge in [0.25, 0.3) is 11.6 Å². The molecule has 26 heavy (non-hydrogen) atoms. The van der Waals surface area contributed by atoms with Gasteiger partial charge in [-0.2, -0.15) is 5.26 Å². The number of nitro benzene ring substituents is 1. The van der Waals surface area contributed by atoms with E-state index in [0.717, 1.165) is 17.0 Å². The molecule has 9 heteroatoms. The molecule has 0 aliphatic rings. The van der Waals surface area contributed by atoms with Gasteiger partial charge in [0.15, 0.2) is 6.61 Å². The molecule has 0 aromatic heterocycles. The largest absolute Gasteiger partial charge is 0.452 e. The number of para-hydroxylation sites is 1. The number of ether oxygens (including phenoxy) is 1. The lowest BCUT2D eigenvalue weighted by atomic mass is 10.1. The van der Waals surface area contributed by atoms with Crippen LogP contribution in [0, 0.1) is 21.4 Å². The molecule has 9 nitrogen and oxygen atoms in total. The first-order chi connectivity index (χ1) is 12.4. The van der Waals surface area contributed by atoms with Crippen LogP contribution in [0.4, 0.5) is 17.1 Å². The van der Waals surface area contributed by atoms with Crippen LogP contribution in [-0.4, -0.2) is 30.0 Å². The predicted molar refractivity (Wildman–Crippen MR) is 92.2 cm³/mol. The van der Waals surface area contributed by atoms with Crippen LogP contribution < -0.4 is 10.6 Å². The fraction of sp³-hybridized carbons (Fsp3) is 0.118. The number of amides is 1. The lowest BCUT2D eigenvalue weighted by Crippen LogP contribution is -2.35. The van der Waals surface area contributed by atoms with E-state index < -0.39 is 23.4 Å². The molecule has 132 valence electrons. The molecule has 2 N–H and O–H groups in total. The van der Waals surface area contributed by atoms with E-state index >= 15 is 0 Å². The van der Waals surface area contributed by atoms with E-state index in [1.807, 2.05) is 6.07 Å². The molecule has 0 aliphatic heterocycles. The van der Waals surface area contributed by atoms with E-state index in [4.69, 9.17) is 15.7 Å². The van der Waals surface area contributed by atoms with E-state index in [-0.39, 0.29) is 23.5 Å². The average Bonchev–Trinajstić information content (AvgIpc) is 2.64. The second kappa shape index (κ2) is 8.25. The van der Waals surface area contributed by atoms with Crippen LogP contribution >= 0.6 is 0 Å². The van der Waals surface area contributed by atoms with Crippen LogP contribution in [0.2, 0.25) is 0 Å². The summed E-state index contributed by atoms with van der Waals surface area (Å²) in [5.74, 6) is -1.58. The maximum Gasteiger partial charge on any atom is 0.341 e. The van der Waals surface area contributed by atoms with Crippen molar-refractivity contribution < 1.29 is 19.2 Å². The number of nitrogen functional groups attached to an aromatic ring is 1. The van der Waals surface area contributed by atoms with Crippen LogP contribution in [0.1, 0.15) is 10.4 Å². The summed E-state index contributed by atoms with van der Waals surface area (Å²) in [6.45, 7) is -0.864. The summed E-state index contributed by atoms with van der Waals surface area (Å²) in [6.07, 6.45) is 0. The van der Waals surface area contributed by atoms with Gasteiger partial charge in [-0.05, 0) is 18.2 Å². The van der Waals surface area contributed by atoms with Gasteiger partial charge in [-0.15, -0.1) is 0 Å². The van der Waals surface area contributed by atoms with Crippen molar-refractivity contribution in [3.63, 3.8) is 0 Å². The van der Waals surface area contributed by atoms with Crippen molar-refractivity contribution >= 4 is 28.9 Å². The van der Waals surface area contributed by atoms with E-state index in [0.29, 0.717) is 5.69 Å². The molecule has 0 atom stereocenters. The number of nitrogens with two attached hydrogens (primary N) is 1. The molecule has 0 fully saturated rings. The number of benzene rings is 2. The number of nitrogens with zero attached hydrogens (tertiary/aromatic N) is 3. The van der Waals surface area contributed by atoms with Gasteiger partial charge in [-0.25, -0.2) is 4.79 Å². The Labute approximate surface area is 148 Å². The average molecular weight is 354 g/mol. The number of hydrogen-bond donors (Lipinski definition) is 1. The van der Waals surface area contributed by atoms with E-state index in [1.165, 1.54) is 6.07 Å². The van der Waals surface area contributed by atoms with Crippen molar-refractivity contribution in [3.05, 3.63) is 64.2 Å². The number of rotatable bonds is 6. The van der Waals surface area contributed by atoms with Gasteiger partial charge in [-0.1, -0.05) is 18.2 Å². The Morgan fingerprint density at radius 2 is 1.92 bits per heavy atom. The Morgan fingerprint density at radius 1 is 1.23 bits per heavy atom. The van der Waals surface area contributed by atoms with Gasteiger partial charge >= 0.3 is 5.97 Å². The normalized spacial score (nSPS) is 9.81. The molecule has 0 saturated carbocycles. The molecule has 0 aliphatic carbocycles. The summed E-state index contributed by atoms with van der Waals surface area (Å²) in [5, 5.41) is 19.7. The minimum absolute atomic E-state index is 0.00927. The van der Waals surface area contributed by atoms with Crippen LogP contribution in [0.25, 0.3) is 0 Å². The van der Waals surface area contributed by atoms with Crippen LogP contribution in [0.5, 0.6) is 0 Å². The molecular weight excluding hydrogens is 340 g/mol. The van der Waals surface area contributed by atoms with Crippen molar-refractivity contribution in [1.29, 1.82) is 5.26 Å². The number of anilines is 2. The topological polar surface area (TPSA) is 140 Å². The summed E-state index contributed by atoms with van der Waals surface area (Å²) in [5.41, 5.74) is 5.57. The first kappa shape index (κ1) is 18.4. The molecule has 0 unspecified atom stereocenters. The van der Waals surface area contributed by atoms with Crippen molar-refractivity contribution in [3.8, 4) is 6.07 Å². The molecule has 0 radical (unpaired) electrons. The van der Waals surface area contributed by atoms with Gasteiger partial charge in [0, 0.05) is 23.5 Å². The molecule has 0 bridgehead atoms. The summed E-state index contributed by atoms with van der Waals surface area (Å²) >= 11 is 0. The van der Waals surface area contributed by atoms with Gasteiger partial charge < -0.3 is 10.5 Å². The Kier molecular flexibility index (Phi) is 5.84. The molecule has 2 rings (SSSR count). The highest BCUT2D eigenvalue weighted by Gasteiger charge is 2.20. The molecular formula is C17H14N4O5.